The number of fused-ring (bicyclic) bond motifs is 1. The Morgan fingerprint density at radius 2 is 2.00 bits per heavy atom. The smallest absolute Gasteiger partial charge is 0.384 e. The van der Waals surface area contributed by atoms with Crippen molar-refractivity contribution in [1.82, 2.24) is 0 Å². The molecular weight excluding hydrogens is 239 g/mol. The van der Waals surface area contributed by atoms with Crippen LogP contribution in [0, 0.1) is 5.92 Å². The van der Waals surface area contributed by atoms with Crippen LogP contribution in [0.1, 0.15) is 42.7 Å². The van der Waals surface area contributed by atoms with Crippen LogP contribution < -0.4 is 5.32 Å². The van der Waals surface area contributed by atoms with Gasteiger partial charge in [-0.3, -0.25) is 0 Å². The molecule has 1 aliphatic carbocycles. The largest absolute Gasteiger partial charge is 0.418 e. The minimum Gasteiger partial charge on any atom is -0.384 e. The number of nitrogens with one attached hydrogen (secondary N) is 1. The van der Waals surface area contributed by atoms with Gasteiger partial charge in [0.1, 0.15) is 0 Å². The van der Waals surface area contributed by atoms with Crippen molar-refractivity contribution in [3.05, 3.63) is 29.3 Å². The van der Waals surface area contributed by atoms with Crippen LogP contribution in [-0.4, -0.2) is 6.54 Å². The Labute approximate surface area is 104 Å². The van der Waals surface area contributed by atoms with E-state index in [1.54, 1.807) is 0 Å². The van der Waals surface area contributed by atoms with Crippen molar-refractivity contribution < 1.29 is 13.2 Å². The number of hydrogen-bond acceptors (Lipinski definition) is 1. The maximum atomic E-state index is 12.9. The second-order valence-electron chi connectivity index (χ2n) is 5.38. The zero-order valence-electron chi connectivity index (χ0n) is 10.1. The van der Waals surface area contributed by atoms with Gasteiger partial charge in [-0.25, -0.2) is 0 Å². The molecule has 2 aliphatic rings. The third-order valence-electron chi connectivity index (χ3n) is 4.21. The highest BCUT2D eigenvalue weighted by molar-refractivity contribution is 5.64. The normalized spacial score (nSPS) is 23.4. The zero-order valence-corrected chi connectivity index (χ0v) is 10.1. The van der Waals surface area contributed by atoms with E-state index in [0.717, 1.165) is 24.0 Å². The van der Waals surface area contributed by atoms with Gasteiger partial charge in [0.25, 0.3) is 0 Å². The van der Waals surface area contributed by atoms with Crippen LogP contribution in [0.25, 0.3) is 0 Å². The highest BCUT2D eigenvalue weighted by Crippen LogP contribution is 2.45. The predicted octanol–water partition coefficient (Wildman–Crippen LogP) is 4.40. The van der Waals surface area contributed by atoms with Gasteiger partial charge in [-0.1, -0.05) is 31.4 Å². The predicted molar refractivity (Wildman–Crippen MR) is 64.6 cm³/mol. The summed E-state index contributed by atoms with van der Waals surface area (Å²) in [5, 5.41) is 2.96. The van der Waals surface area contributed by atoms with Gasteiger partial charge in [-0.2, -0.15) is 13.2 Å². The maximum Gasteiger partial charge on any atom is 0.418 e. The fourth-order valence-corrected chi connectivity index (χ4v) is 3.02. The summed E-state index contributed by atoms with van der Waals surface area (Å²) < 4.78 is 38.6. The van der Waals surface area contributed by atoms with E-state index in [2.05, 4.69) is 5.32 Å². The molecule has 3 rings (SSSR count). The van der Waals surface area contributed by atoms with Crippen LogP contribution in [0.2, 0.25) is 0 Å². The number of anilines is 1. The molecule has 0 aromatic heterocycles. The Hall–Kier alpha value is -1.19. The number of alkyl halides is 3. The van der Waals surface area contributed by atoms with E-state index >= 15 is 0 Å². The highest BCUT2D eigenvalue weighted by Gasteiger charge is 2.38. The molecule has 1 fully saturated rings. The van der Waals surface area contributed by atoms with E-state index in [1.165, 1.54) is 25.3 Å². The van der Waals surface area contributed by atoms with E-state index in [1.807, 2.05) is 6.07 Å². The lowest BCUT2D eigenvalue weighted by Crippen LogP contribution is -2.16. The first-order valence-corrected chi connectivity index (χ1v) is 6.49. The number of halogens is 3. The van der Waals surface area contributed by atoms with Crippen molar-refractivity contribution >= 4 is 5.69 Å². The van der Waals surface area contributed by atoms with Crippen molar-refractivity contribution in [3.63, 3.8) is 0 Å². The molecule has 1 aromatic rings. The van der Waals surface area contributed by atoms with Crippen molar-refractivity contribution in [1.29, 1.82) is 0 Å². The maximum absolute atomic E-state index is 12.9. The SMILES string of the molecule is FC(F)(F)c1cccc2c1NCC2CC1CCC1. The molecule has 4 heteroatoms. The second-order valence-corrected chi connectivity index (χ2v) is 5.38. The summed E-state index contributed by atoms with van der Waals surface area (Å²) in [6.07, 6.45) is 0.529. The standard InChI is InChI=1S/C14H16F3N/c15-14(16,17)12-6-2-5-11-10(8-18-13(11)12)7-9-3-1-4-9/h2,5-6,9-10,18H,1,3-4,7-8H2. The van der Waals surface area contributed by atoms with Gasteiger partial charge in [0.15, 0.2) is 0 Å². The Balaban J connectivity index is 1.87. The topological polar surface area (TPSA) is 12.0 Å². The van der Waals surface area contributed by atoms with Crippen molar-refractivity contribution in [2.24, 2.45) is 5.92 Å². The third kappa shape index (κ3) is 1.98. The number of rotatable bonds is 2. The van der Waals surface area contributed by atoms with Crippen molar-refractivity contribution in [2.75, 3.05) is 11.9 Å². The summed E-state index contributed by atoms with van der Waals surface area (Å²) in [5.74, 6) is 0.977. The zero-order chi connectivity index (χ0) is 12.8. The molecule has 1 saturated carbocycles. The van der Waals surface area contributed by atoms with E-state index in [0.29, 0.717) is 12.2 Å². The highest BCUT2D eigenvalue weighted by atomic mass is 19.4. The summed E-state index contributed by atoms with van der Waals surface area (Å²) in [6.45, 7) is 0.652. The van der Waals surface area contributed by atoms with Gasteiger partial charge in [-0.15, -0.1) is 0 Å². The minimum atomic E-state index is -4.26. The molecule has 0 spiro atoms. The molecule has 1 aliphatic heterocycles. The number of benzene rings is 1. The van der Waals surface area contributed by atoms with Crippen LogP contribution in [-0.2, 0) is 6.18 Å². The van der Waals surface area contributed by atoms with Crippen molar-refractivity contribution in [3.8, 4) is 0 Å². The lowest BCUT2D eigenvalue weighted by molar-refractivity contribution is -0.136. The lowest BCUT2D eigenvalue weighted by Gasteiger charge is -2.28. The molecule has 98 valence electrons. The van der Waals surface area contributed by atoms with Gasteiger partial charge in [0, 0.05) is 18.2 Å². The number of hydrogen-bond donors (Lipinski definition) is 1. The van der Waals surface area contributed by atoms with Gasteiger partial charge >= 0.3 is 6.18 Å². The van der Waals surface area contributed by atoms with E-state index in [4.69, 9.17) is 0 Å². The molecule has 1 nitrogen and oxygen atoms in total. The first kappa shape index (κ1) is 11.9. The van der Waals surface area contributed by atoms with Gasteiger partial charge < -0.3 is 5.32 Å². The first-order chi connectivity index (χ1) is 8.55. The molecule has 18 heavy (non-hydrogen) atoms. The van der Waals surface area contributed by atoms with Crippen LogP contribution in [0.5, 0.6) is 0 Å². The fraction of sp³-hybridized carbons (Fsp3) is 0.571. The van der Waals surface area contributed by atoms with Crippen molar-refractivity contribution in [2.45, 2.75) is 37.8 Å². The minimum absolute atomic E-state index is 0.257. The molecule has 1 atom stereocenters. The summed E-state index contributed by atoms with van der Waals surface area (Å²) in [5.41, 5.74) is 0.655. The van der Waals surface area contributed by atoms with Crippen LogP contribution in [0.4, 0.5) is 18.9 Å². The van der Waals surface area contributed by atoms with Crippen LogP contribution >= 0.6 is 0 Å². The molecular formula is C14H16F3N. The summed E-state index contributed by atoms with van der Waals surface area (Å²) >= 11 is 0. The van der Waals surface area contributed by atoms with E-state index in [9.17, 15) is 13.2 Å². The Morgan fingerprint density at radius 1 is 1.22 bits per heavy atom. The molecule has 0 amide bonds. The van der Waals surface area contributed by atoms with E-state index < -0.39 is 11.7 Å². The summed E-state index contributed by atoms with van der Waals surface area (Å²) in [6, 6.07) is 4.54. The molecule has 1 N–H and O–H groups in total. The van der Waals surface area contributed by atoms with Crippen LogP contribution in [0.3, 0.4) is 0 Å². The molecule has 1 heterocycles. The molecule has 0 radical (unpaired) electrons. The molecule has 0 bridgehead atoms. The van der Waals surface area contributed by atoms with E-state index in [-0.39, 0.29) is 5.92 Å². The Bertz CT molecular complexity index is 449. The molecule has 1 unspecified atom stereocenters. The van der Waals surface area contributed by atoms with Gasteiger partial charge in [0.2, 0.25) is 0 Å². The monoisotopic (exact) mass is 255 g/mol. The van der Waals surface area contributed by atoms with Gasteiger partial charge in [-0.05, 0) is 24.0 Å². The van der Waals surface area contributed by atoms with Gasteiger partial charge in [0.05, 0.1) is 5.56 Å². The quantitative estimate of drug-likeness (QED) is 0.825. The summed E-state index contributed by atoms with van der Waals surface area (Å²) in [7, 11) is 0. The summed E-state index contributed by atoms with van der Waals surface area (Å²) in [4.78, 5) is 0. The third-order valence-corrected chi connectivity index (χ3v) is 4.21. The average Bonchev–Trinajstić information content (AvgIpc) is 2.65. The molecule has 1 aromatic carbocycles. The fourth-order valence-electron chi connectivity index (χ4n) is 3.02. The number of para-hydroxylation sites is 1. The average molecular weight is 255 g/mol. The Morgan fingerprint density at radius 3 is 2.61 bits per heavy atom. The van der Waals surface area contributed by atoms with Crippen LogP contribution in [0.15, 0.2) is 18.2 Å². The lowest BCUT2D eigenvalue weighted by atomic mass is 9.77. The Kier molecular flexibility index (Phi) is 2.76. The molecule has 0 saturated heterocycles. The second kappa shape index (κ2) is 4.18. The first-order valence-electron chi connectivity index (χ1n) is 6.49.